The second kappa shape index (κ2) is 7.06. The first-order valence-corrected chi connectivity index (χ1v) is 6.09. The predicted molar refractivity (Wildman–Crippen MR) is 67.7 cm³/mol. The van der Waals surface area contributed by atoms with Crippen LogP contribution in [0.5, 0.6) is 0 Å². The van der Waals surface area contributed by atoms with Gasteiger partial charge in [-0.05, 0) is 13.3 Å². The van der Waals surface area contributed by atoms with Crippen molar-refractivity contribution >= 4 is 5.91 Å². The molecule has 0 aliphatic rings. The van der Waals surface area contributed by atoms with Crippen LogP contribution in [0.15, 0.2) is 12.4 Å². The molecule has 0 saturated heterocycles. The van der Waals surface area contributed by atoms with Gasteiger partial charge >= 0.3 is 0 Å². The Morgan fingerprint density at radius 3 is 2.94 bits per heavy atom. The molecule has 1 amide bonds. The summed E-state index contributed by atoms with van der Waals surface area (Å²) in [5.41, 5.74) is 0. The summed E-state index contributed by atoms with van der Waals surface area (Å²) in [6.45, 7) is 5.18. The minimum atomic E-state index is 0.0412. The van der Waals surface area contributed by atoms with Gasteiger partial charge in [0.1, 0.15) is 5.82 Å². The lowest BCUT2D eigenvalue weighted by Gasteiger charge is -2.11. The number of nitrogens with one attached hydrogen (secondary N) is 2. The molecule has 1 heterocycles. The molecule has 2 N–H and O–H groups in total. The van der Waals surface area contributed by atoms with Crippen molar-refractivity contribution in [3.63, 3.8) is 0 Å². The molecule has 0 bridgehead atoms. The topological polar surface area (TPSA) is 59.0 Å². The zero-order valence-corrected chi connectivity index (χ0v) is 10.9. The van der Waals surface area contributed by atoms with Gasteiger partial charge in [0.15, 0.2) is 0 Å². The van der Waals surface area contributed by atoms with E-state index in [0.717, 1.165) is 18.7 Å². The lowest BCUT2D eigenvalue weighted by atomic mass is 10.2. The number of aryl methyl sites for hydroxylation is 1. The van der Waals surface area contributed by atoms with Crippen LogP contribution in [0.2, 0.25) is 0 Å². The normalized spacial score (nSPS) is 12.4. The molecular formula is C12H22N4O. The maximum Gasteiger partial charge on any atom is 0.233 e. The number of carbonyl (C=O) groups excluding carboxylic acids is 1. The lowest BCUT2D eigenvalue weighted by Crippen LogP contribution is -2.38. The van der Waals surface area contributed by atoms with E-state index in [-0.39, 0.29) is 5.91 Å². The van der Waals surface area contributed by atoms with Crippen molar-refractivity contribution in [1.82, 2.24) is 20.2 Å². The van der Waals surface area contributed by atoms with Crippen LogP contribution in [0.25, 0.3) is 0 Å². The molecule has 0 aliphatic carbocycles. The number of hydrogen-bond acceptors (Lipinski definition) is 3. The van der Waals surface area contributed by atoms with Gasteiger partial charge in [-0.1, -0.05) is 6.92 Å². The highest BCUT2D eigenvalue weighted by Gasteiger charge is 2.04. The first kappa shape index (κ1) is 13.7. The van der Waals surface area contributed by atoms with Crippen LogP contribution in [0.4, 0.5) is 0 Å². The van der Waals surface area contributed by atoms with Crippen LogP contribution >= 0.6 is 0 Å². The number of hydrogen-bond donors (Lipinski definition) is 2. The molecule has 0 saturated carbocycles. The van der Waals surface area contributed by atoms with Crippen molar-refractivity contribution in [3.05, 3.63) is 18.2 Å². The summed E-state index contributed by atoms with van der Waals surface area (Å²) in [6.07, 6.45) is 5.46. The van der Waals surface area contributed by atoms with Gasteiger partial charge < -0.3 is 15.2 Å². The molecule has 5 nitrogen and oxygen atoms in total. The van der Waals surface area contributed by atoms with Crippen LogP contribution in [-0.2, 0) is 18.3 Å². The van der Waals surface area contributed by atoms with Gasteiger partial charge in [-0.25, -0.2) is 4.98 Å². The monoisotopic (exact) mass is 238 g/mol. The number of aromatic nitrogens is 2. The molecular weight excluding hydrogens is 216 g/mol. The van der Waals surface area contributed by atoms with Crippen molar-refractivity contribution in [1.29, 1.82) is 0 Å². The molecule has 5 heteroatoms. The largest absolute Gasteiger partial charge is 0.355 e. The van der Waals surface area contributed by atoms with Crippen LogP contribution in [-0.4, -0.2) is 34.6 Å². The lowest BCUT2D eigenvalue weighted by molar-refractivity contribution is -0.120. The first-order valence-electron chi connectivity index (χ1n) is 6.09. The Morgan fingerprint density at radius 2 is 2.35 bits per heavy atom. The van der Waals surface area contributed by atoms with Crippen molar-refractivity contribution in [3.8, 4) is 0 Å². The molecule has 1 aromatic heterocycles. The summed E-state index contributed by atoms with van der Waals surface area (Å²) < 4.78 is 1.96. The van der Waals surface area contributed by atoms with E-state index in [2.05, 4.69) is 29.5 Å². The highest BCUT2D eigenvalue weighted by Crippen LogP contribution is 1.93. The van der Waals surface area contributed by atoms with Crippen LogP contribution in [0, 0.1) is 0 Å². The van der Waals surface area contributed by atoms with E-state index in [4.69, 9.17) is 0 Å². The molecule has 96 valence electrons. The number of rotatable bonds is 7. The van der Waals surface area contributed by atoms with Crippen LogP contribution in [0.3, 0.4) is 0 Å². The Labute approximate surface area is 103 Å². The predicted octanol–water partition coefficient (Wildman–Crippen LogP) is 0.467. The average molecular weight is 238 g/mol. The van der Waals surface area contributed by atoms with Gasteiger partial charge in [0, 0.05) is 38.4 Å². The summed E-state index contributed by atoms with van der Waals surface area (Å²) in [6, 6.07) is 0.385. The Balaban J connectivity index is 2.14. The highest BCUT2D eigenvalue weighted by molar-refractivity contribution is 5.77. The fraction of sp³-hybridized carbons (Fsp3) is 0.667. The third kappa shape index (κ3) is 4.99. The molecule has 0 aromatic carbocycles. The molecule has 0 spiro atoms. The molecule has 17 heavy (non-hydrogen) atoms. The van der Waals surface area contributed by atoms with E-state index >= 15 is 0 Å². The SMILES string of the molecule is CCC(C)NCC(=O)NCCc1nccn1C. The maximum absolute atomic E-state index is 11.5. The Hall–Kier alpha value is -1.36. The smallest absolute Gasteiger partial charge is 0.233 e. The van der Waals surface area contributed by atoms with E-state index in [0.29, 0.717) is 19.1 Å². The minimum Gasteiger partial charge on any atom is -0.355 e. The Kier molecular flexibility index (Phi) is 5.69. The van der Waals surface area contributed by atoms with Gasteiger partial charge in [-0.3, -0.25) is 4.79 Å². The summed E-state index contributed by atoms with van der Waals surface area (Å²) >= 11 is 0. The van der Waals surface area contributed by atoms with Gasteiger partial charge in [0.25, 0.3) is 0 Å². The molecule has 1 rings (SSSR count). The third-order valence-electron chi connectivity index (χ3n) is 2.82. The number of nitrogens with zero attached hydrogens (tertiary/aromatic N) is 2. The summed E-state index contributed by atoms with van der Waals surface area (Å²) in [4.78, 5) is 15.7. The Morgan fingerprint density at radius 1 is 1.59 bits per heavy atom. The van der Waals surface area contributed by atoms with Crippen LogP contribution < -0.4 is 10.6 Å². The Bertz CT molecular complexity index is 348. The molecule has 1 aromatic rings. The molecule has 0 aliphatic heterocycles. The van der Waals surface area contributed by atoms with Gasteiger partial charge in [0.05, 0.1) is 6.54 Å². The number of imidazole rings is 1. The van der Waals surface area contributed by atoms with E-state index < -0.39 is 0 Å². The zero-order chi connectivity index (χ0) is 12.7. The van der Waals surface area contributed by atoms with E-state index in [1.165, 1.54) is 0 Å². The van der Waals surface area contributed by atoms with E-state index in [1.807, 2.05) is 17.8 Å². The summed E-state index contributed by atoms with van der Waals surface area (Å²) in [5, 5.41) is 6.03. The fourth-order valence-corrected chi connectivity index (χ4v) is 1.42. The average Bonchev–Trinajstić information content (AvgIpc) is 2.72. The standard InChI is InChI=1S/C12H22N4O/c1-4-10(2)15-9-12(17)14-6-5-11-13-7-8-16(11)3/h7-8,10,15H,4-6,9H2,1-3H3,(H,14,17). The van der Waals surface area contributed by atoms with E-state index in [9.17, 15) is 4.79 Å². The fourth-order valence-electron chi connectivity index (χ4n) is 1.42. The minimum absolute atomic E-state index is 0.0412. The van der Waals surface area contributed by atoms with Gasteiger partial charge in [0.2, 0.25) is 5.91 Å². The van der Waals surface area contributed by atoms with Crippen LogP contribution in [0.1, 0.15) is 26.1 Å². The maximum atomic E-state index is 11.5. The molecule has 0 fully saturated rings. The zero-order valence-electron chi connectivity index (χ0n) is 10.9. The quantitative estimate of drug-likeness (QED) is 0.726. The van der Waals surface area contributed by atoms with Crippen molar-refractivity contribution in [2.45, 2.75) is 32.7 Å². The first-order chi connectivity index (χ1) is 8.13. The van der Waals surface area contributed by atoms with Gasteiger partial charge in [-0.2, -0.15) is 0 Å². The van der Waals surface area contributed by atoms with Crippen molar-refractivity contribution in [2.75, 3.05) is 13.1 Å². The summed E-state index contributed by atoms with van der Waals surface area (Å²) in [7, 11) is 1.95. The summed E-state index contributed by atoms with van der Waals surface area (Å²) in [5.74, 6) is 1.03. The number of amides is 1. The van der Waals surface area contributed by atoms with Crippen molar-refractivity contribution in [2.24, 2.45) is 7.05 Å². The van der Waals surface area contributed by atoms with Gasteiger partial charge in [-0.15, -0.1) is 0 Å². The van der Waals surface area contributed by atoms with E-state index in [1.54, 1.807) is 6.20 Å². The molecule has 0 radical (unpaired) electrons. The third-order valence-corrected chi connectivity index (χ3v) is 2.82. The van der Waals surface area contributed by atoms with Crippen molar-refractivity contribution < 1.29 is 4.79 Å². The molecule has 1 atom stereocenters. The molecule has 1 unspecified atom stereocenters. The second-order valence-electron chi connectivity index (χ2n) is 4.24. The second-order valence-corrected chi connectivity index (χ2v) is 4.24. The number of carbonyl (C=O) groups is 1. The highest BCUT2D eigenvalue weighted by atomic mass is 16.1.